The second kappa shape index (κ2) is 40.5. The van der Waals surface area contributed by atoms with Crippen molar-refractivity contribution < 1.29 is 87.5 Å². The van der Waals surface area contributed by atoms with Gasteiger partial charge in [0.05, 0.1) is 31.2 Å². The molecule has 1 aliphatic heterocycles. The van der Waals surface area contributed by atoms with Crippen LogP contribution in [0.15, 0.2) is 36.4 Å². The molecule has 2 rings (SSSR count). The lowest BCUT2D eigenvalue weighted by Gasteiger charge is -2.34. The van der Waals surface area contributed by atoms with Crippen LogP contribution in [0.2, 0.25) is 0 Å². The summed E-state index contributed by atoms with van der Waals surface area (Å²) < 4.78 is 0. The molecule has 32 nitrogen and oxygen atoms in total. The molecule has 0 spiro atoms. The van der Waals surface area contributed by atoms with Gasteiger partial charge in [-0.15, -0.1) is 0 Å². The number of rotatable bonds is 33. The van der Waals surface area contributed by atoms with E-state index in [1.54, 1.807) is 52.0 Å². The number of hydrogen-bond donors (Lipinski definition) is 18. The van der Waals surface area contributed by atoms with Crippen LogP contribution >= 0.6 is 0 Å². The van der Waals surface area contributed by atoms with Gasteiger partial charge < -0.3 is 101 Å². The minimum atomic E-state index is -2.03. The van der Waals surface area contributed by atoms with Crippen LogP contribution in [0.1, 0.15) is 157 Å². The Balaban J connectivity index is 2.68. The number of aromatic hydroxyl groups is 1. The third-order valence-electron chi connectivity index (χ3n) is 16.4. The van der Waals surface area contributed by atoms with Crippen molar-refractivity contribution in [3.8, 4) is 5.75 Å². The molecule has 0 bridgehead atoms. The topological polar surface area (TPSA) is 544 Å². The monoisotopic (exact) mass is 1330 g/mol. The number of aliphatic hydroxyl groups excluding tert-OH is 2. The smallest absolute Gasteiger partial charge is 0.305 e. The zero-order chi connectivity index (χ0) is 71.0. The molecule has 0 unspecified atom stereocenters. The Morgan fingerprint density at radius 2 is 1.26 bits per heavy atom. The zero-order valence-corrected chi connectivity index (χ0v) is 54.7. The molecule has 22 N–H and O–H groups in total. The summed E-state index contributed by atoms with van der Waals surface area (Å²) in [7, 11) is 0. The van der Waals surface area contributed by atoms with Crippen molar-refractivity contribution in [1.29, 1.82) is 0 Å². The number of carbonyl (C=O) groups excluding carboxylic acids is 13. The predicted molar refractivity (Wildman–Crippen MR) is 341 cm³/mol. The average molecular weight is 1330 g/mol. The normalized spacial score (nSPS) is 22.6. The fourth-order valence-electron chi connectivity index (χ4n) is 9.88. The largest absolute Gasteiger partial charge is 0.508 e. The van der Waals surface area contributed by atoms with Gasteiger partial charge in [-0.1, -0.05) is 64.8 Å². The van der Waals surface area contributed by atoms with Gasteiger partial charge >= 0.3 is 5.97 Å². The standard InChI is InChI=1S/C62H100N14O18/c1-8-34(3)44(32-77)71-52(86)41(23-25-46(65)81)68-54(88)43(31-48(83)84)70-57(91)49(35(4)9-2)73-59(93)61(6)27-15-12-10-11-13-16-28-62(7,75-55(89)40(18-14-17-29-63)67-51(85)39(64)30-37-19-21-38(80)22-20-37)60(94)74-50(36(5)79)58(92)69-42(24-26-47(66)82)53(87)72-45(33-78)56(90)76-61/h10-11,19-22,32,34-36,39-45,49-50,78-80H,8-9,12-18,23-31,33,63-64H2,1-7H3,(H2,65,81)(H2,66,82)(H,67,85)(H,68,88)(H,69,92)(H,70,91)(H,71,86)(H,72,87)(H,73,93)(H,74,94)(H,75,89)(H,76,90)(H,83,84)/b11-10+/t34-,35-,36+,39-,40-,41-,42-,43-,44+,45-,49-,50-,61-,62-/m0/s1. The number of allylic oxidation sites excluding steroid dienone is 2. The number of carbonyl (C=O) groups is 14. The highest BCUT2D eigenvalue weighted by molar-refractivity contribution is 6.01. The van der Waals surface area contributed by atoms with Crippen LogP contribution < -0.4 is 76.1 Å². The van der Waals surface area contributed by atoms with Crippen LogP contribution in [0.25, 0.3) is 0 Å². The van der Waals surface area contributed by atoms with Gasteiger partial charge in [0.2, 0.25) is 70.9 Å². The number of aliphatic carboxylic acids is 1. The molecule has 0 radical (unpaired) electrons. The van der Waals surface area contributed by atoms with Gasteiger partial charge in [-0.3, -0.25) is 62.3 Å². The molecule has 1 heterocycles. The molecule has 94 heavy (non-hydrogen) atoms. The molecule has 0 saturated carbocycles. The van der Waals surface area contributed by atoms with Crippen molar-refractivity contribution in [2.45, 2.75) is 229 Å². The van der Waals surface area contributed by atoms with E-state index in [9.17, 15) is 87.5 Å². The number of aliphatic hydroxyl groups is 2. The van der Waals surface area contributed by atoms with Crippen LogP contribution in [0, 0.1) is 11.8 Å². The summed E-state index contributed by atoms with van der Waals surface area (Å²) >= 11 is 0. The van der Waals surface area contributed by atoms with E-state index in [0.717, 1.165) is 6.92 Å². The van der Waals surface area contributed by atoms with Crippen LogP contribution in [0.5, 0.6) is 5.75 Å². The molecule has 1 aromatic rings. The molecular weight excluding hydrogens is 1230 g/mol. The number of carboxylic acids is 1. The lowest BCUT2D eigenvalue weighted by atomic mass is 9.90. The number of phenols is 1. The van der Waals surface area contributed by atoms with E-state index in [2.05, 4.69) is 53.2 Å². The van der Waals surface area contributed by atoms with E-state index < -0.39 is 187 Å². The van der Waals surface area contributed by atoms with Crippen molar-refractivity contribution in [3.63, 3.8) is 0 Å². The van der Waals surface area contributed by atoms with Gasteiger partial charge in [0.1, 0.15) is 65.4 Å². The minimum Gasteiger partial charge on any atom is -0.508 e. The number of nitrogens with two attached hydrogens (primary N) is 4. The first-order valence-electron chi connectivity index (χ1n) is 31.7. The maximum absolute atomic E-state index is 14.8. The molecular formula is C62H100N14O18. The van der Waals surface area contributed by atoms with Gasteiger partial charge in [0.15, 0.2) is 0 Å². The highest BCUT2D eigenvalue weighted by atomic mass is 16.4. The third-order valence-corrected chi connectivity index (χ3v) is 16.4. The molecule has 0 aliphatic carbocycles. The first-order chi connectivity index (χ1) is 44.2. The molecule has 0 aromatic heterocycles. The second-order valence-corrected chi connectivity index (χ2v) is 24.3. The van der Waals surface area contributed by atoms with Crippen molar-refractivity contribution >= 4 is 83.1 Å². The van der Waals surface area contributed by atoms with Crippen molar-refractivity contribution in [1.82, 2.24) is 53.2 Å². The number of primary amides is 2. The lowest BCUT2D eigenvalue weighted by Crippen LogP contribution is -2.66. The molecule has 526 valence electrons. The SMILES string of the molecule is CC[C@H](C)[C@H](NC(=O)[C@]1(C)CCC/C=C/CCC[C@](C)(NC(=O)[C@H](CCCCN)NC(=O)[C@@H](N)Cc2ccc(O)cc2)C(=O)N[C@@H]([C@@H](C)O)C(=O)N[C@@H](CCC(N)=O)C(=O)N[C@@H](CO)C(=O)N1)C(=O)N[C@@H](CC(=O)O)C(=O)N[C@@H](CCC(N)=O)C(=O)N[C@H](C=O)[C@@H](C)CC. The number of phenolic OH excluding ortho intramolecular Hbond substituents is 1. The van der Waals surface area contributed by atoms with E-state index in [1.807, 2.05) is 0 Å². The fourth-order valence-corrected chi connectivity index (χ4v) is 9.88. The van der Waals surface area contributed by atoms with Gasteiger partial charge in [-0.25, -0.2) is 0 Å². The Morgan fingerprint density at radius 1 is 0.691 bits per heavy atom. The summed E-state index contributed by atoms with van der Waals surface area (Å²) in [6, 6.07) is -8.06. The predicted octanol–water partition coefficient (Wildman–Crippen LogP) is -3.40. The van der Waals surface area contributed by atoms with Crippen molar-refractivity contribution in [3.05, 3.63) is 42.0 Å². The summed E-state index contributed by atoms with van der Waals surface area (Å²) in [5, 5.41) is 66.1. The molecule has 14 atom stereocenters. The summed E-state index contributed by atoms with van der Waals surface area (Å²) in [5.74, 6) is -14.9. The molecule has 0 fully saturated rings. The number of carboxylic acid groups (broad SMARTS) is 1. The van der Waals surface area contributed by atoms with Gasteiger partial charge in [0, 0.05) is 12.8 Å². The first kappa shape index (κ1) is 81.5. The number of nitrogens with one attached hydrogen (secondary N) is 10. The van der Waals surface area contributed by atoms with Crippen LogP contribution in [-0.4, -0.2) is 188 Å². The second-order valence-electron chi connectivity index (χ2n) is 24.3. The summed E-state index contributed by atoms with van der Waals surface area (Å²) in [6.07, 6.45) is 1.18. The summed E-state index contributed by atoms with van der Waals surface area (Å²) in [5.41, 5.74) is 19.5. The van der Waals surface area contributed by atoms with Crippen LogP contribution in [0.4, 0.5) is 0 Å². The van der Waals surface area contributed by atoms with Crippen molar-refractivity contribution in [2.24, 2.45) is 34.8 Å². The number of hydrogen-bond acceptors (Lipinski definition) is 19. The maximum atomic E-state index is 14.8. The average Bonchev–Trinajstić information content (AvgIpc) is 0.851. The highest BCUT2D eigenvalue weighted by Gasteiger charge is 2.43. The molecule has 1 aliphatic rings. The first-order valence-corrected chi connectivity index (χ1v) is 31.7. The van der Waals surface area contributed by atoms with E-state index in [1.165, 1.54) is 26.0 Å². The van der Waals surface area contributed by atoms with E-state index in [4.69, 9.17) is 22.9 Å². The Hall–Kier alpha value is -8.62. The van der Waals surface area contributed by atoms with E-state index >= 15 is 0 Å². The Kier molecular flexibility index (Phi) is 35.1. The summed E-state index contributed by atoms with van der Waals surface area (Å²) in [6.45, 7) is 9.53. The van der Waals surface area contributed by atoms with E-state index in [-0.39, 0.29) is 82.4 Å². The lowest BCUT2D eigenvalue weighted by molar-refractivity contribution is -0.142. The number of amides is 12. The van der Waals surface area contributed by atoms with E-state index in [0.29, 0.717) is 31.1 Å². The fraction of sp³-hybridized carbons (Fsp3) is 0.645. The molecule has 0 saturated heterocycles. The molecule has 12 amide bonds. The Morgan fingerprint density at radius 3 is 1.81 bits per heavy atom. The van der Waals surface area contributed by atoms with Crippen molar-refractivity contribution in [2.75, 3.05) is 13.2 Å². The number of unbranched alkanes of at least 4 members (excludes halogenated alkanes) is 1. The van der Waals surface area contributed by atoms with Gasteiger partial charge in [-0.05, 0) is 134 Å². The highest BCUT2D eigenvalue weighted by Crippen LogP contribution is 2.22. The third kappa shape index (κ3) is 27.5. The van der Waals surface area contributed by atoms with Gasteiger partial charge in [0.25, 0.3) is 0 Å². The Labute approximate surface area is 546 Å². The quantitative estimate of drug-likeness (QED) is 0.0185. The maximum Gasteiger partial charge on any atom is 0.305 e. The molecule has 1 aromatic carbocycles. The zero-order valence-electron chi connectivity index (χ0n) is 54.7. The van der Waals surface area contributed by atoms with Crippen LogP contribution in [-0.2, 0) is 73.5 Å². The van der Waals surface area contributed by atoms with Crippen LogP contribution in [0.3, 0.4) is 0 Å². The molecule has 32 heteroatoms. The Bertz CT molecular complexity index is 2810. The summed E-state index contributed by atoms with van der Waals surface area (Å²) in [4.78, 5) is 190. The number of benzene rings is 1. The minimum absolute atomic E-state index is 0.00490. The number of aldehydes is 1. The van der Waals surface area contributed by atoms with Gasteiger partial charge in [-0.2, -0.15) is 0 Å².